The van der Waals surface area contributed by atoms with E-state index in [1.54, 1.807) is 14.2 Å². The van der Waals surface area contributed by atoms with Gasteiger partial charge >= 0.3 is 5.97 Å². The van der Waals surface area contributed by atoms with Crippen molar-refractivity contribution < 1.29 is 28.5 Å². The molecule has 6 unspecified atom stereocenters. The number of hydrogen-bond acceptors (Lipinski definition) is 6. The summed E-state index contributed by atoms with van der Waals surface area (Å²) >= 11 is 0. The second-order valence-electron chi connectivity index (χ2n) is 14.3. The first kappa shape index (κ1) is 32.5. The van der Waals surface area contributed by atoms with Gasteiger partial charge in [-0.05, 0) is 62.2 Å². The van der Waals surface area contributed by atoms with Gasteiger partial charge in [0.05, 0.1) is 17.6 Å². The van der Waals surface area contributed by atoms with Gasteiger partial charge in [0.2, 0.25) is 0 Å². The summed E-state index contributed by atoms with van der Waals surface area (Å²) in [6.07, 6.45) is 8.25. The molecule has 2 saturated carbocycles. The van der Waals surface area contributed by atoms with E-state index in [0.29, 0.717) is 25.4 Å². The van der Waals surface area contributed by atoms with Crippen molar-refractivity contribution in [1.82, 2.24) is 0 Å². The van der Waals surface area contributed by atoms with Gasteiger partial charge in [-0.3, -0.25) is 4.79 Å². The molecule has 37 heavy (non-hydrogen) atoms. The molecule has 0 aliphatic heterocycles. The standard InChI is InChI=1S/C31H58O6/c1-12-24(33-10)35-18-17-31(37-26(32)29(9,28(6,7)8)21-27(3,4)5)20-23-15-14-16-30(19-23,22-31)36-25(13-2)34-11/h23-25H,12-22H2,1-11H3. The van der Waals surface area contributed by atoms with Crippen LogP contribution in [0.4, 0.5) is 0 Å². The van der Waals surface area contributed by atoms with Gasteiger partial charge in [-0.2, -0.15) is 0 Å². The van der Waals surface area contributed by atoms with Crippen LogP contribution in [0.3, 0.4) is 0 Å². The SMILES string of the molecule is CCC(OC)OCCC1(OC(=O)C(C)(CC(C)(C)C)C(C)(C)C)CC2CCCC(OC(CC)OC)(C2)C1. The molecule has 2 fully saturated rings. The second kappa shape index (κ2) is 12.7. The van der Waals surface area contributed by atoms with E-state index in [1.807, 2.05) is 0 Å². The Hall–Kier alpha value is -0.690. The number of hydrogen-bond donors (Lipinski definition) is 0. The molecule has 0 amide bonds. The van der Waals surface area contributed by atoms with E-state index in [1.165, 1.54) is 0 Å². The summed E-state index contributed by atoms with van der Waals surface area (Å²) in [7, 11) is 3.39. The lowest BCUT2D eigenvalue weighted by Gasteiger charge is -2.55. The summed E-state index contributed by atoms with van der Waals surface area (Å²) in [4.78, 5) is 14.3. The molecule has 2 bridgehead atoms. The van der Waals surface area contributed by atoms with E-state index < -0.39 is 11.0 Å². The Balaban J connectivity index is 2.43. The van der Waals surface area contributed by atoms with Crippen LogP contribution >= 0.6 is 0 Å². The maximum atomic E-state index is 14.3. The zero-order valence-electron chi connectivity index (χ0n) is 26.0. The van der Waals surface area contributed by atoms with E-state index >= 15 is 0 Å². The molecule has 0 spiro atoms. The Kier molecular flexibility index (Phi) is 11.1. The molecule has 0 aromatic rings. The topological polar surface area (TPSA) is 63.2 Å². The van der Waals surface area contributed by atoms with Gasteiger partial charge in [-0.15, -0.1) is 0 Å². The predicted molar refractivity (Wildman–Crippen MR) is 148 cm³/mol. The van der Waals surface area contributed by atoms with E-state index in [4.69, 9.17) is 23.7 Å². The number of fused-ring (bicyclic) bond motifs is 2. The fourth-order valence-corrected chi connectivity index (χ4v) is 6.75. The summed E-state index contributed by atoms with van der Waals surface area (Å²) in [5, 5.41) is 0. The Morgan fingerprint density at radius 3 is 2.08 bits per heavy atom. The molecule has 0 N–H and O–H groups in total. The van der Waals surface area contributed by atoms with Crippen molar-refractivity contribution in [1.29, 1.82) is 0 Å². The molecule has 6 nitrogen and oxygen atoms in total. The molecule has 2 aliphatic rings. The Bertz CT molecular complexity index is 716. The number of carbonyl (C=O) groups excluding carboxylic acids is 1. The second-order valence-corrected chi connectivity index (χ2v) is 14.3. The Labute approximate surface area is 227 Å². The fraction of sp³-hybridized carbons (Fsp3) is 0.968. The third kappa shape index (κ3) is 8.40. The zero-order chi connectivity index (χ0) is 28.1. The van der Waals surface area contributed by atoms with Crippen molar-refractivity contribution >= 4 is 5.97 Å². The third-order valence-corrected chi connectivity index (χ3v) is 8.94. The average Bonchev–Trinajstić information content (AvgIpc) is 2.78. The highest BCUT2D eigenvalue weighted by Gasteiger charge is 2.56. The first-order chi connectivity index (χ1) is 17.1. The Morgan fingerprint density at radius 1 is 0.946 bits per heavy atom. The quantitative estimate of drug-likeness (QED) is 0.181. The van der Waals surface area contributed by atoms with E-state index in [0.717, 1.165) is 51.4 Å². The van der Waals surface area contributed by atoms with Gasteiger partial charge in [-0.25, -0.2) is 0 Å². The number of methoxy groups -OCH3 is 2. The summed E-state index contributed by atoms with van der Waals surface area (Å²) < 4.78 is 30.7. The van der Waals surface area contributed by atoms with Crippen LogP contribution in [-0.2, 0) is 28.5 Å². The van der Waals surface area contributed by atoms with Crippen LogP contribution in [0.5, 0.6) is 0 Å². The maximum Gasteiger partial charge on any atom is 0.312 e. The first-order valence-corrected chi connectivity index (χ1v) is 14.6. The molecule has 0 saturated heterocycles. The highest BCUT2D eigenvalue weighted by Crippen LogP contribution is 2.54. The molecular formula is C31H58O6. The van der Waals surface area contributed by atoms with E-state index in [-0.39, 0.29) is 35.0 Å². The molecule has 6 atom stereocenters. The molecule has 0 aromatic heterocycles. The molecule has 0 radical (unpaired) electrons. The Morgan fingerprint density at radius 2 is 1.57 bits per heavy atom. The average molecular weight is 527 g/mol. The van der Waals surface area contributed by atoms with Crippen molar-refractivity contribution in [3.63, 3.8) is 0 Å². The van der Waals surface area contributed by atoms with Crippen molar-refractivity contribution in [3.05, 3.63) is 0 Å². The van der Waals surface area contributed by atoms with Crippen LogP contribution in [0, 0.1) is 22.2 Å². The van der Waals surface area contributed by atoms with Gasteiger partial charge < -0.3 is 23.7 Å². The lowest BCUT2D eigenvalue weighted by molar-refractivity contribution is -0.257. The minimum Gasteiger partial charge on any atom is -0.458 e. The lowest BCUT2D eigenvalue weighted by Crippen LogP contribution is -2.57. The normalized spacial score (nSPS) is 29.9. The molecule has 6 heteroatoms. The van der Waals surface area contributed by atoms with Crippen LogP contribution in [0.25, 0.3) is 0 Å². The van der Waals surface area contributed by atoms with E-state index in [2.05, 4.69) is 62.3 Å². The third-order valence-electron chi connectivity index (χ3n) is 8.94. The molecule has 2 aliphatic carbocycles. The van der Waals surface area contributed by atoms with Crippen molar-refractivity contribution in [2.45, 2.75) is 150 Å². The van der Waals surface area contributed by atoms with Crippen molar-refractivity contribution in [2.24, 2.45) is 22.2 Å². The number of rotatable bonds is 13. The molecule has 0 aromatic carbocycles. The fourth-order valence-electron chi connectivity index (χ4n) is 6.75. The van der Waals surface area contributed by atoms with Crippen LogP contribution in [0.1, 0.15) is 127 Å². The largest absolute Gasteiger partial charge is 0.458 e. The minimum absolute atomic E-state index is 0.00957. The number of carbonyl (C=O) groups is 1. The van der Waals surface area contributed by atoms with Crippen LogP contribution in [0.2, 0.25) is 0 Å². The van der Waals surface area contributed by atoms with E-state index in [9.17, 15) is 4.79 Å². The van der Waals surface area contributed by atoms with Crippen LogP contribution in [-0.4, -0.2) is 50.6 Å². The maximum absolute atomic E-state index is 14.3. The van der Waals surface area contributed by atoms with Gasteiger partial charge in [0, 0.05) is 27.1 Å². The van der Waals surface area contributed by atoms with Gasteiger partial charge in [0.25, 0.3) is 0 Å². The first-order valence-electron chi connectivity index (χ1n) is 14.6. The van der Waals surface area contributed by atoms with Gasteiger partial charge in [-0.1, -0.05) is 68.2 Å². The molecule has 0 heterocycles. The van der Waals surface area contributed by atoms with Gasteiger partial charge in [0.1, 0.15) is 5.60 Å². The van der Waals surface area contributed by atoms with Crippen molar-refractivity contribution in [2.75, 3.05) is 20.8 Å². The van der Waals surface area contributed by atoms with Crippen LogP contribution in [0.15, 0.2) is 0 Å². The minimum atomic E-state index is -0.636. The monoisotopic (exact) mass is 526 g/mol. The van der Waals surface area contributed by atoms with Gasteiger partial charge in [0.15, 0.2) is 12.6 Å². The summed E-state index contributed by atoms with van der Waals surface area (Å²) in [6, 6.07) is 0. The molecule has 2 rings (SSSR count). The predicted octanol–water partition coefficient (Wildman–Crippen LogP) is 7.67. The molecule has 218 valence electrons. The number of esters is 1. The van der Waals surface area contributed by atoms with Crippen molar-refractivity contribution in [3.8, 4) is 0 Å². The summed E-state index contributed by atoms with van der Waals surface area (Å²) in [5.41, 5.74) is -1.86. The lowest BCUT2D eigenvalue weighted by atomic mass is 9.60. The highest BCUT2D eigenvalue weighted by molar-refractivity contribution is 5.78. The number of ether oxygens (including phenoxy) is 5. The highest BCUT2D eigenvalue weighted by atomic mass is 16.7. The zero-order valence-corrected chi connectivity index (χ0v) is 26.0. The van der Waals surface area contributed by atoms with Crippen LogP contribution < -0.4 is 0 Å². The summed E-state index contributed by atoms with van der Waals surface area (Å²) in [5.74, 6) is 0.361. The summed E-state index contributed by atoms with van der Waals surface area (Å²) in [6.45, 7) is 19.8. The molecular weight excluding hydrogens is 468 g/mol. The smallest absolute Gasteiger partial charge is 0.312 e.